The molecule has 2 aliphatic rings. The van der Waals surface area contributed by atoms with Crippen molar-refractivity contribution in [3.63, 3.8) is 0 Å². The maximum atomic E-state index is 12.9. The topological polar surface area (TPSA) is 36.7 Å². The first-order chi connectivity index (χ1) is 12.1. The normalized spacial score (nSPS) is 23.7. The Morgan fingerprint density at radius 3 is 2.80 bits per heavy atom. The van der Waals surface area contributed by atoms with E-state index in [4.69, 9.17) is 16.0 Å². The number of piperazine rings is 1. The summed E-state index contributed by atoms with van der Waals surface area (Å²) in [4.78, 5) is 18.4. The summed E-state index contributed by atoms with van der Waals surface area (Å²) in [6.07, 6.45) is 2.42. The highest BCUT2D eigenvalue weighted by molar-refractivity contribution is 7.99. The molecule has 0 aliphatic carbocycles. The van der Waals surface area contributed by atoms with E-state index in [2.05, 4.69) is 11.8 Å². The number of fused-ring (bicyclic) bond motifs is 1. The fourth-order valence-electron chi connectivity index (χ4n) is 3.72. The minimum atomic E-state index is 0.00186. The van der Waals surface area contributed by atoms with Crippen LogP contribution in [0.2, 0.25) is 5.02 Å². The molecule has 2 atom stereocenters. The standard InChI is InChI=1S/C19H21ClN2O2S/c1-13-11-21-10-2-3-15(21)12-22(13)19(23)17-8-9-18(24-17)25-16-6-4-14(20)5-7-16/h4-9,13,15H,2-3,10-12H2,1H3/t13-,15+/m0/s1. The van der Waals surface area contributed by atoms with Gasteiger partial charge in [0.1, 0.15) is 0 Å². The molecular weight excluding hydrogens is 356 g/mol. The Labute approximate surface area is 157 Å². The van der Waals surface area contributed by atoms with Crippen molar-refractivity contribution in [1.82, 2.24) is 9.80 Å². The molecule has 1 amide bonds. The maximum absolute atomic E-state index is 12.9. The first-order valence-corrected chi connectivity index (χ1v) is 9.88. The van der Waals surface area contributed by atoms with Crippen LogP contribution in [0, 0.1) is 0 Å². The molecule has 0 spiro atoms. The van der Waals surface area contributed by atoms with Crippen LogP contribution < -0.4 is 0 Å². The number of hydrogen-bond acceptors (Lipinski definition) is 4. The van der Waals surface area contributed by atoms with E-state index in [0.717, 1.165) is 23.1 Å². The number of furan rings is 1. The van der Waals surface area contributed by atoms with E-state index in [1.165, 1.54) is 31.1 Å². The van der Waals surface area contributed by atoms with Crippen LogP contribution >= 0.6 is 23.4 Å². The van der Waals surface area contributed by atoms with Crippen LogP contribution in [-0.2, 0) is 0 Å². The molecule has 2 fully saturated rings. The lowest BCUT2D eigenvalue weighted by Gasteiger charge is -2.41. The van der Waals surface area contributed by atoms with Crippen LogP contribution in [-0.4, -0.2) is 47.4 Å². The van der Waals surface area contributed by atoms with Crippen LogP contribution in [0.3, 0.4) is 0 Å². The van der Waals surface area contributed by atoms with Gasteiger partial charge in [-0.15, -0.1) is 0 Å². The number of benzene rings is 1. The highest BCUT2D eigenvalue weighted by Gasteiger charge is 2.37. The van der Waals surface area contributed by atoms with Crippen LogP contribution in [0.15, 0.2) is 50.8 Å². The predicted octanol–water partition coefficient (Wildman–Crippen LogP) is 4.39. The molecule has 6 heteroatoms. The summed E-state index contributed by atoms with van der Waals surface area (Å²) in [6, 6.07) is 12.0. The fraction of sp³-hybridized carbons (Fsp3) is 0.421. The quantitative estimate of drug-likeness (QED) is 0.795. The fourth-order valence-corrected chi connectivity index (χ4v) is 4.62. The van der Waals surface area contributed by atoms with Crippen molar-refractivity contribution in [3.8, 4) is 0 Å². The van der Waals surface area contributed by atoms with Gasteiger partial charge in [-0.2, -0.15) is 0 Å². The van der Waals surface area contributed by atoms with E-state index in [0.29, 0.717) is 16.8 Å². The molecule has 132 valence electrons. The molecule has 0 bridgehead atoms. The summed E-state index contributed by atoms with van der Waals surface area (Å²) >= 11 is 7.41. The molecule has 2 aromatic rings. The zero-order valence-corrected chi connectivity index (χ0v) is 15.7. The molecule has 3 heterocycles. The summed E-state index contributed by atoms with van der Waals surface area (Å²) in [7, 11) is 0. The number of nitrogens with zero attached hydrogens (tertiary/aromatic N) is 2. The molecule has 0 unspecified atom stereocenters. The largest absolute Gasteiger partial charge is 0.444 e. The Kier molecular flexibility index (Phi) is 4.80. The van der Waals surface area contributed by atoms with Crippen molar-refractivity contribution in [3.05, 3.63) is 47.2 Å². The first-order valence-electron chi connectivity index (χ1n) is 8.68. The number of rotatable bonds is 3. The van der Waals surface area contributed by atoms with Crippen molar-refractivity contribution >= 4 is 29.3 Å². The lowest BCUT2D eigenvalue weighted by Crippen LogP contribution is -2.56. The van der Waals surface area contributed by atoms with E-state index in [9.17, 15) is 4.79 Å². The van der Waals surface area contributed by atoms with Gasteiger partial charge in [0.05, 0.1) is 0 Å². The summed E-state index contributed by atoms with van der Waals surface area (Å²) in [6.45, 7) is 5.06. The number of hydrogen-bond donors (Lipinski definition) is 0. The average molecular weight is 377 g/mol. The van der Waals surface area contributed by atoms with E-state index in [-0.39, 0.29) is 11.9 Å². The second-order valence-corrected chi connectivity index (χ2v) is 8.29. The lowest BCUT2D eigenvalue weighted by atomic mass is 10.1. The number of amides is 1. The lowest BCUT2D eigenvalue weighted by molar-refractivity contribution is 0.0364. The van der Waals surface area contributed by atoms with Crippen molar-refractivity contribution in [2.24, 2.45) is 0 Å². The van der Waals surface area contributed by atoms with Gasteiger partial charge in [-0.25, -0.2) is 0 Å². The first kappa shape index (κ1) is 17.0. The van der Waals surface area contributed by atoms with Crippen molar-refractivity contribution in [1.29, 1.82) is 0 Å². The third-order valence-electron chi connectivity index (χ3n) is 5.02. The summed E-state index contributed by atoms with van der Waals surface area (Å²) in [5.74, 6) is 0.428. The molecule has 25 heavy (non-hydrogen) atoms. The van der Waals surface area contributed by atoms with Gasteiger partial charge in [0.25, 0.3) is 5.91 Å². The number of carbonyl (C=O) groups excluding carboxylic acids is 1. The Morgan fingerprint density at radius 2 is 2.00 bits per heavy atom. The average Bonchev–Trinajstić information content (AvgIpc) is 3.24. The monoisotopic (exact) mass is 376 g/mol. The maximum Gasteiger partial charge on any atom is 0.289 e. The highest BCUT2D eigenvalue weighted by atomic mass is 35.5. The van der Waals surface area contributed by atoms with Crippen LogP contribution in [0.4, 0.5) is 0 Å². The molecule has 0 saturated carbocycles. The molecule has 1 aromatic carbocycles. The third kappa shape index (κ3) is 3.59. The number of halogens is 1. The molecule has 4 rings (SSSR count). The summed E-state index contributed by atoms with van der Waals surface area (Å²) < 4.78 is 5.82. The molecular formula is C19H21ClN2O2S. The van der Waals surface area contributed by atoms with Crippen molar-refractivity contribution in [2.75, 3.05) is 19.6 Å². The second kappa shape index (κ2) is 7.06. The van der Waals surface area contributed by atoms with Gasteiger partial charge in [-0.3, -0.25) is 9.69 Å². The van der Waals surface area contributed by atoms with Gasteiger partial charge >= 0.3 is 0 Å². The van der Waals surface area contributed by atoms with Gasteiger partial charge in [-0.05, 0) is 62.7 Å². The molecule has 1 aromatic heterocycles. The highest BCUT2D eigenvalue weighted by Crippen LogP contribution is 2.31. The van der Waals surface area contributed by atoms with Crippen LogP contribution in [0.25, 0.3) is 0 Å². The SMILES string of the molecule is C[C@H]1CN2CCC[C@@H]2CN1C(=O)c1ccc(Sc2ccc(Cl)cc2)o1. The second-order valence-electron chi connectivity index (χ2n) is 6.77. The molecule has 4 nitrogen and oxygen atoms in total. The van der Waals surface area contributed by atoms with Crippen molar-refractivity contribution < 1.29 is 9.21 Å². The van der Waals surface area contributed by atoms with Gasteiger partial charge in [0.15, 0.2) is 10.9 Å². The van der Waals surface area contributed by atoms with Crippen molar-refractivity contribution in [2.45, 2.75) is 41.8 Å². The van der Waals surface area contributed by atoms with Gasteiger partial charge < -0.3 is 9.32 Å². The van der Waals surface area contributed by atoms with E-state index in [1.807, 2.05) is 35.2 Å². The predicted molar refractivity (Wildman–Crippen MR) is 99.4 cm³/mol. The molecule has 2 saturated heterocycles. The Balaban J connectivity index is 1.45. The van der Waals surface area contributed by atoms with E-state index in [1.54, 1.807) is 6.07 Å². The Hall–Kier alpha value is -1.43. The minimum absolute atomic E-state index is 0.00186. The summed E-state index contributed by atoms with van der Waals surface area (Å²) in [5.41, 5.74) is 0. The van der Waals surface area contributed by atoms with E-state index >= 15 is 0 Å². The third-order valence-corrected chi connectivity index (χ3v) is 6.20. The van der Waals surface area contributed by atoms with Crippen LogP contribution in [0.5, 0.6) is 0 Å². The Morgan fingerprint density at radius 1 is 1.20 bits per heavy atom. The van der Waals surface area contributed by atoms with E-state index < -0.39 is 0 Å². The smallest absolute Gasteiger partial charge is 0.289 e. The zero-order chi connectivity index (χ0) is 17.4. The molecule has 2 aliphatic heterocycles. The van der Waals surface area contributed by atoms with Gasteiger partial charge in [0.2, 0.25) is 0 Å². The summed E-state index contributed by atoms with van der Waals surface area (Å²) in [5, 5.41) is 1.43. The molecule has 0 N–H and O–H groups in total. The van der Waals surface area contributed by atoms with Crippen LogP contribution in [0.1, 0.15) is 30.3 Å². The van der Waals surface area contributed by atoms with Gasteiger partial charge in [0, 0.05) is 35.1 Å². The Bertz CT molecular complexity index is 761. The number of carbonyl (C=O) groups is 1. The van der Waals surface area contributed by atoms with Gasteiger partial charge in [-0.1, -0.05) is 23.4 Å². The zero-order valence-electron chi connectivity index (χ0n) is 14.2. The minimum Gasteiger partial charge on any atom is -0.444 e. The molecule has 0 radical (unpaired) electrons.